The summed E-state index contributed by atoms with van der Waals surface area (Å²) in [6, 6.07) is 8.12. The summed E-state index contributed by atoms with van der Waals surface area (Å²) in [5, 5.41) is 11.3. The van der Waals surface area contributed by atoms with E-state index in [1.807, 2.05) is 18.2 Å². The van der Waals surface area contributed by atoms with Crippen molar-refractivity contribution in [1.29, 1.82) is 0 Å². The van der Waals surface area contributed by atoms with Crippen LogP contribution in [-0.4, -0.2) is 11.1 Å². The maximum atomic E-state index is 10.2. The summed E-state index contributed by atoms with van der Waals surface area (Å²) in [5.41, 5.74) is 2.49. The summed E-state index contributed by atoms with van der Waals surface area (Å²) in [5.74, 6) is -0.939. The van der Waals surface area contributed by atoms with Gasteiger partial charge in [0.25, 0.3) is 0 Å². The van der Waals surface area contributed by atoms with Crippen molar-refractivity contribution in [3.05, 3.63) is 47.7 Å². The topological polar surface area (TPSA) is 49.3 Å². The maximum absolute atomic E-state index is 10.2. The van der Waals surface area contributed by atoms with Crippen molar-refractivity contribution in [2.75, 3.05) is 0 Å². The van der Waals surface area contributed by atoms with Crippen molar-refractivity contribution < 1.29 is 9.90 Å². The molecule has 3 nitrogen and oxygen atoms in total. The monoisotopic (exact) mass is 205 g/mol. The molecular weight excluding hydrogens is 190 g/mol. The van der Waals surface area contributed by atoms with E-state index in [0.29, 0.717) is 6.54 Å². The van der Waals surface area contributed by atoms with Gasteiger partial charge in [0.2, 0.25) is 0 Å². The second kappa shape index (κ2) is 5.86. The first-order valence-electron chi connectivity index (χ1n) is 4.93. The van der Waals surface area contributed by atoms with Gasteiger partial charge in [-0.15, -0.1) is 0 Å². The molecule has 2 N–H and O–H groups in total. The Morgan fingerprint density at radius 2 is 2.07 bits per heavy atom. The lowest BCUT2D eigenvalue weighted by Crippen LogP contribution is -2.07. The van der Waals surface area contributed by atoms with Crippen LogP contribution in [0.1, 0.15) is 18.1 Å². The zero-order valence-corrected chi connectivity index (χ0v) is 8.73. The molecule has 1 rings (SSSR count). The molecule has 0 aliphatic carbocycles. The van der Waals surface area contributed by atoms with Crippen LogP contribution in [0.25, 0.3) is 0 Å². The van der Waals surface area contributed by atoms with Crippen molar-refractivity contribution in [1.82, 2.24) is 5.32 Å². The van der Waals surface area contributed by atoms with Crippen LogP contribution in [0, 0.1) is 0 Å². The number of hydrogen-bond acceptors (Lipinski definition) is 2. The van der Waals surface area contributed by atoms with E-state index in [0.717, 1.165) is 12.5 Å². The quantitative estimate of drug-likeness (QED) is 0.722. The van der Waals surface area contributed by atoms with Crippen LogP contribution in [0.4, 0.5) is 0 Å². The maximum Gasteiger partial charge on any atom is 0.329 e. The molecule has 0 saturated heterocycles. The predicted octanol–water partition coefficient (Wildman–Crippen LogP) is 1.94. The van der Waals surface area contributed by atoms with E-state index in [1.165, 1.54) is 17.3 Å². The Hall–Kier alpha value is -1.77. The molecule has 0 radical (unpaired) electrons. The number of nitrogens with one attached hydrogen (secondary N) is 1. The highest BCUT2D eigenvalue weighted by Gasteiger charge is 1.97. The lowest BCUT2D eigenvalue weighted by Gasteiger charge is -2.06. The number of rotatable bonds is 5. The molecule has 1 aromatic rings. The van der Waals surface area contributed by atoms with Crippen molar-refractivity contribution in [3.63, 3.8) is 0 Å². The van der Waals surface area contributed by atoms with Gasteiger partial charge in [-0.1, -0.05) is 31.2 Å². The van der Waals surface area contributed by atoms with Crippen LogP contribution in [0.5, 0.6) is 0 Å². The molecule has 15 heavy (non-hydrogen) atoms. The molecule has 0 saturated carbocycles. The van der Waals surface area contributed by atoms with Gasteiger partial charge in [0, 0.05) is 18.8 Å². The highest BCUT2D eigenvalue weighted by atomic mass is 16.4. The third-order valence-electron chi connectivity index (χ3n) is 2.14. The van der Waals surface area contributed by atoms with E-state index in [9.17, 15) is 4.79 Å². The Morgan fingerprint density at radius 3 is 2.67 bits per heavy atom. The molecule has 3 heteroatoms. The highest BCUT2D eigenvalue weighted by molar-refractivity contribution is 5.79. The molecular formula is C12H15NO2. The zero-order valence-electron chi connectivity index (χ0n) is 8.73. The number of carboxylic acids is 1. The third kappa shape index (κ3) is 3.85. The largest absolute Gasteiger partial charge is 0.478 e. The minimum absolute atomic E-state index is 0.661. The summed E-state index contributed by atoms with van der Waals surface area (Å²) < 4.78 is 0. The molecule has 0 atom stereocenters. The van der Waals surface area contributed by atoms with E-state index in [1.54, 1.807) is 0 Å². The van der Waals surface area contributed by atoms with Gasteiger partial charge in [0.15, 0.2) is 0 Å². The summed E-state index contributed by atoms with van der Waals surface area (Å²) >= 11 is 0. The van der Waals surface area contributed by atoms with Gasteiger partial charge >= 0.3 is 5.97 Å². The SMILES string of the molecule is CCc1ccccc1CN/C=C/C(=O)O. The van der Waals surface area contributed by atoms with Crippen LogP contribution >= 0.6 is 0 Å². The van der Waals surface area contributed by atoms with Crippen LogP contribution in [0.15, 0.2) is 36.5 Å². The van der Waals surface area contributed by atoms with Crippen LogP contribution in [0.3, 0.4) is 0 Å². The third-order valence-corrected chi connectivity index (χ3v) is 2.14. The van der Waals surface area contributed by atoms with E-state index >= 15 is 0 Å². The minimum Gasteiger partial charge on any atom is -0.478 e. The van der Waals surface area contributed by atoms with E-state index in [-0.39, 0.29) is 0 Å². The fourth-order valence-corrected chi connectivity index (χ4v) is 1.37. The van der Waals surface area contributed by atoms with Gasteiger partial charge in [-0.2, -0.15) is 0 Å². The van der Waals surface area contributed by atoms with Gasteiger partial charge in [-0.3, -0.25) is 0 Å². The van der Waals surface area contributed by atoms with Gasteiger partial charge < -0.3 is 10.4 Å². The first-order chi connectivity index (χ1) is 7.24. The summed E-state index contributed by atoms with van der Waals surface area (Å²) in [7, 11) is 0. The van der Waals surface area contributed by atoms with E-state index in [4.69, 9.17) is 5.11 Å². The Labute approximate surface area is 89.4 Å². The van der Waals surface area contributed by atoms with E-state index < -0.39 is 5.97 Å². The Bertz CT molecular complexity index is 358. The number of aryl methyl sites for hydroxylation is 1. The highest BCUT2D eigenvalue weighted by Crippen LogP contribution is 2.08. The number of carbonyl (C=O) groups is 1. The number of hydrogen-bond donors (Lipinski definition) is 2. The van der Waals surface area contributed by atoms with Crippen LogP contribution < -0.4 is 5.32 Å². The Kier molecular flexibility index (Phi) is 4.41. The average Bonchev–Trinajstić information content (AvgIpc) is 2.24. The summed E-state index contributed by atoms with van der Waals surface area (Å²) in [6.07, 6.45) is 3.53. The minimum atomic E-state index is -0.939. The molecule has 0 aliphatic heterocycles. The number of aliphatic carboxylic acids is 1. The standard InChI is InChI=1S/C12H15NO2/c1-2-10-5-3-4-6-11(10)9-13-8-7-12(14)15/h3-8,13H,2,9H2,1H3,(H,14,15)/b8-7+. The van der Waals surface area contributed by atoms with Gasteiger partial charge in [0.1, 0.15) is 0 Å². The molecule has 0 fully saturated rings. The fourth-order valence-electron chi connectivity index (χ4n) is 1.37. The first-order valence-corrected chi connectivity index (χ1v) is 4.93. The van der Waals surface area contributed by atoms with Gasteiger partial charge in [0.05, 0.1) is 0 Å². The molecule has 0 amide bonds. The molecule has 0 aliphatic rings. The molecule has 0 spiro atoms. The smallest absolute Gasteiger partial charge is 0.329 e. The van der Waals surface area contributed by atoms with E-state index in [2.05, 4.69) is 18.3 Å². The van der Waals surface area contributed by atoms with Crippen molar-refractivity contribution in [2.45, 2.75) is 19.9 Å². The molecule has 0 unspecified atom stereocenters. The van der Waals surface area contributed by atoms with Crippen molar-refractivity contribution >= 4 is 5.97 Å². The molecule has 80 valence electrons. The molecule has 1 aromatic carbocycles. The second-order valence-corrected chi connectivity index (χ2v) is 3.17. The van der Waals surface area contributed by atoms with Crippen LogP contribution in [-0.2, 0) is 17.8 Å². The fraction of sp³-hybridized carbons (Fsp3) is 0.250. The Balaban J connectivity index is 2.53. The molecule has 0 heterocycles. The first kappa shape index (κ1) is 11.3. The lowest BCUT2D eigenvalue weighted by molar-refractivity contribution is -0.131. The summed E-state index contributed by atoms with van der Waals surface area (Å²) in [4.78, 5) is 10.2. The average molecular weight is 205 g/mol. The predicted molar refractivity (Wildman–Crippen MR) is 59.4 cm³/mol. The second-order valence-electron chi connectivity index (χ2n) is 3.17. The lowest BCUT2D eigenvalue weighted by atomic mass is 10.1. The zero-order chi connectivity index (χ0) is 11.1. The molecule has 0 bridgehead atoms. The summed E-state index contributed by atoms with van der Waals surface area (Å²) in [6.45, 7) is 2.76. The number of carboxylic acid groups (broad SMARTS) is 1. The van der Waals surface area contributed by atoms with Crippen molar-refractivity contribution in [2.24, 2.45) is 0 Å². The molecule has 0 aromatic heterocycles. The normalized spacial score (nSPS) is 10.5. The van der Waals surface area contributed by atoms with Gasteiger partial charge in [-0.25, -0.2) is 4.79 Å². The number of benzene rings is 1. The van der Waals surface area contributed by atoms with Crippen LogP contribution in [0.2, 0.25) is 0 Å². The van der Waals surface area contributed by atoms with Gasteiger partial charge in [-0.05, 0) is 17.5 Å². The van der Waals surface area contributed by atoms with Crippen molar-refractivity contribution in [3.8, 4) is 0 Å². The Morgan fingerprint density at radius 1 is 1.40 bits per heavy atom.